The van der Waals surface area contributed by atoms with Crippen molar-refractivity contribution < 1.29 is 18.4 Å². The molecule has 0 amide bonds. The Labute approximate surface area is 205 Å². The van der Waals surface area contributed by atoms with E-state index < -0.39 is 6.04 Å². The van der Waals surface area contributed by atoms with E-state index in [0.717, 1.165) is 16.9 Å². The zero-order valence-electron chi connectivity index (χ0n) is 18.6. The summed E-state index contributed by atoms with van der Waals surface area (Å²) in [5.74, 6) is 1.74. The Hall–Kier alpha value is -4.24. The third-order valence-electron chi connectivity index (χ3n) is 5.97. The SMILES string of the molecule is CC1=C(c2nc(-c3ccccc3)no2)C(c2cccc(F)c2)NC(=S)N1c1ccc2c(c1)OCO2. The Balaban J connectivity index is 1.50. The lowest BCUT2D eigenvalue weighted by Crippen LogP contribution is -2.46. The molecule has 9 heteroatoms. The largest absolute Gasteiger partial charge is 0.454 e. The Morgan fingerprint density at radius 3 is 2.66 bits per heavy atom. The van der Waals surface area contributed by atoms with Gasteiger partial charge in [-0.3, -0.25) is 4.90 Å². The number of rotatable bonds is 4. The number of fused-ring (bicyclic) bond motifs is 1. The predicted octanol–water partition coefficient (Wildman–Crippen LogP) is 5.47. The molecule has 0 radical (unpaired) electrons. The molecule has 0 bridgehead atoms. The van der Waals surface area contributed by atoms with E-state index in [0.29, 0.717) is 39.5 Å². The van der Waals surface area contributed by atoms with Gasteiger partial charge in [-0.1, -0.05) is 47.6 Å². The highest BCUT2D eigenvalue weighted by Gasteiger charge is 2.35. The monoisotopic (exact) mass is 486 g/mol. The predicted molar refractivity (Wildman–Crippen MR) is 132 cm³/mol. The number of hydrogen-bond acceptors (Lipinski definition) is 6. The first-order valence-corrected chi connectivity index (χ1v) is 11.4. The van der Waals surface area contributed by atoms with Crippen LogP contribution in [0.4, 0.5) is 10.1 Å². The van der Waals surface area contributed by atoms with Crippen LogP contribution in [0.3, 0.4) is 0 Å². The molecule has 4 aromatic rings. The smallest absolute Gasteiger partial charge is 0.258 e. The van der Waals surface area contributed by atoms with Crippen LogP contribution >= 0.6 is 12.2 Å². The van der Waals surface area contributed by atoms with E-state index in [1.54, 1.807) is 6.07 Å². The molecule has 35 heavy (non-hydrogen) atoms. The van der Waals surface area contributed by atoms with Crippen molar-refractivity contribution in [2.75, 3.05) is 11.7 Å². The summed E-state index contributed by atoms with van der Waals surface area (Å²) in [5, 5.41) is 7.98. The van der Waals surface area contributed by atoms with Crippen LogP contribution in [0.25, 0.3) is 17.0 Å². The molecule has 2 aliphatic rings. The molecular formula is C26H19FN4O3S. The maximum absolute atomic E-state index is 14.2. The Morgan fingerprint density at radius 2 is 1.83 bits per heavy atom. The van der Waals surface area contributed by atoms with Crippen LogP contribution in [0.5, 0.6) is 11.5 Å². The lowest BCUT2D eigenvalue weighted by atomic mass is 9.94. The van der Waals surface area contributed by atoms with Crippen LogP contribution in [0.15, 0.2) is 83.0 Å². The number of aromatic nitrogens is 2. The number of nitrogens with zero attached hydrogens (tertiary/aromatic N) is 3. The Bertz CT molecular complexity index is 1470. The van der Waals surface area contributed by atoms with Gasteiger partial charge in [0.15, 0.2) is 16.6 Å². The molecule has 0 saturated heterocycles. The van der Waals surface area contributed by atoms with Gasteiger partial charge in [-0.15, -0.1) is 0 Å². The standard InChI is InChI=1S/C26H19FN4O3S/c1-15-22(25-29-24(30-34-25)16-6-3-2-4-7-16)23(17-8-5-9-18(27)12-17)28-26(35)31(15)19-10-11-20-21(13-19)33-14-32-20/h2-13,23H,14H2,1H3,(H,28,35). The van der Waals surface area contributed by atoms with Crippen molar-refractivity contribution in [1.29, 1.82) is 0 Å². The van der Waals surface area contributed by atoms with Gasteiger partial charge in [-0.05, 0) is 49.0 Å². The van der Waals surface area contributed by atoms with Gasteiger partial charge < -0.3 is 19.3 Å². The van der Waals surface area contributed by atoms with E-state index in [-0.39, 0.29) is 12.6 Å². The topological polar surface area (TPSA) is 72.7 Å². The molecule has 0 spiro atoms. The molecule has 3 aromatic carbocycles. The summed E-state index contributed by atoms with van der Waals surface area (Å²) in [7, 11) is 0. The highest BCUT2D eigenvalue weighted by molar-refractivity contribution is 7.80. The van der Waals surface area contributed by atoms with E-state index in [1.807, 2.05) is 66.4 Å². The summed E-state index contributed by atoms with van der Waals surface area (Å²) in [6.07, 6.45) is 0. The fraction of sp³-hybridized carbons (Fsp3) is 0.115. The first-order valence-electron chi connectivity index (χ1n) is 10.9. The summed E-state index contributed by atoms with van der Waals surface area (Å²) in [6, 6.07) is 21.0. The lowest BCUT2D eigenvalue weighted by Gasteiger charge is -2.37. The third-order valence-corrected chi connectivity index (χ3v) is 6.27. The van der Waals surface area contributed by atoms with Gasteiger partial charge in [-0.2, -0.15) is 4.98 Å². The Kier molecular flexibility index (Phi) is 5.18. The first kappa shape index (κ1) is 21.3. The van der Waals surface area contributed by atoms with Gasteiger partial charge >= 0.3 is 0 Å². The number of ether oxygens (including phenoxy) is 2. The van der Waals surface area contributed by atoms with Gasteiger partial charge in [0, 0.05) is 17.3 Å². The van der Waals surface area contributed by atoms with E-state index in [2.05, 4.69) is 15.5 Å². The number of benzene rings is 3. The molecule has 0 saturated carbocycles. The maximum Gasteiger partial charge on any atom is 0.258 e. The molecule has 1 N–H and O–H groups in total. The molecule has 2 aliphatic heterocycles. The number of halogens is 1. The molecule has 0 fully saturated rings. The van der Waals surface area contributed by atoms with E-state index in [4.69, 9.17) is 26.2 Å². The van der Waals surface area contributed by atoms with Crippen molar-refractivity contribution in [1.82, 2.24) is 15.5 Å². The normalized spacial score (nSPS) is 17.0. The summed E-state index contributed by atoms with van der Waals surface area (Å²) in [6.45, 7) is 2.10. The number of hydrogen-bond donors (Lipinski definition) is 1. The van der Waals surface area contributed by atoms with Crippen LogP contribution in [0, 0.1) is 5.82 Å². The summed E-state index contributed by atoms with van der Waals surface area (Å²) >= 11 is 5.76. The zero-order chi connectivity index (χ0) is 23.9. The molecule has 7 nitrogen and oxygen atoms in total. The Morgan fingerprint density at radius 1 is 1.00 bits per heavy atom. The van der Waals surface area contributed by atoms with Gasteiger partial charge in [0.05, 0.1) is 17.3 Å². The van der Waals surface area contributed by atoms with Gasteiger partial charge in [0.25, 0.3) is 5.89 Å². The van der Waals surface area contributed by atoms with Crippen LogP contribution in [0.1, 0.15) is 24.4 Å². The fourth-order valence-corrected chi connectivity index (χ4v) is 4.69. The minimum absolute atomic E-state index is 0.174. The highest BCUT2D eigenvalue weighted by atomic mass is 32.1. The average Bonchev–Trinajstić information content (AvgIpc) is 3.54. The molecular weight excluding hydrogens is 467 g/mol. The van der Waals surface area contributed by atoms with Gasteiger partial charge in [0.2, 0.25) is 12.6 Å². The van der Waals surface area contributed by atoms with Crippen molar-refractivity contribution in [3.63, 3.8) is 0 Å². The van der Waals surface area contributed by atoms with E-state index >= 15 is 0 Å². The quantitative estimate of drug-likeness (QED) is 0.381. The van der Waals surface area contributed by atoms with Crippen molar-refractivity contribution in [2.45, 2.75) is 13.0 Å². The van der Waals surface area contributed by atoms with Crippen molar-refractivity contribution in [2.24, 2.45) is 0 Å². The molecule has 1 atom stereocenters. The van der Waals surface area contributed by atoms with Crippen LogP contribution in [0.2, 0.25) is 0 Å². The molecule has 0 aliphatic carbocycles. The number of anilines is 1. The van der Waals surface area contributed by atoms with Crippen LogP contribution in [-0.4, -0.2) is 22.0 Å². The van der Waals surface area contributed by atoms with Crippen molar-refractivity contribution in [3.8, 4) is 22.9 Å². The molecule has 6 rings (SSSR count). The van der Waals surface area contributed by atoms with Crippen LogP contribution < -0.4 is 19.7 Å². The van der Waals surface area contributed by atoms with Gasteiger partial charge in [0.1, 0.15) is 5.82 Å². The molecule has 174 valence electrons. The minimum atomic E-state index is -0.493. The number of nitrogens with one attached hydrogen (secondary N) is 1. The summed E-state index contributed by atoms with van der Waals surface area (Å²) in [4.78, 5) is 6.55. The molecule has 1 aromatic heterocycles. The second-order valence-corrected chi connectivity index (χ2v) is 8.49. The second-order valence-electron chi connectivity index (χ2n) is 8.10. The summed E-state index contributed by atoms with van der Waals surface area (Å²) < 4.78 is 30.9. The lowest BCUT2D eigenvalue weighted by molar-refractivity contribution is 0.174. The van der Waals surface area contributed by atoms with E-state index in [1.165, 1.54) is 12.1 Å². The summed E-state index contributed by atoms with van der Waals surface area (Å²) in [5.41, 5.74) is 3.75. The first-order chi connectivity index (χ1) is 17.1. The fourth-order valence-electron chi connectivity index (χ4n) is 4.33. The van der Waals surface area contributed by atoms with Gasteiger partial charge in [-0.25, -0.2) is 4.39 Å². The zero-order valence-corrected chi connectivity index (χ0v) is 19.4. The van der Waals surface area contributed by atoms with Crippen molar-refractivity contribution >= 4 is 28.6 Å². The minimum Gasteiger partial charge on any atom is -0.454 e. The number of allylic oxidation sites excluding steroid dienone is 1. The number of thiocarbonyl (C=S) groups is 1. The van der Waals surface area contributed by atoms with Crippen molar-refractivity contribution in [3.05, 3.63) is 95.8 Å². The van der Waals surface area contributed by atoms with E-state index in [9.17, 15) is 4.39 Å². The average molecular weight is 487 g/mol. The highest BCUT2D eigenvalue weighted by Crippen LogP contribution is 2.42. The molecule has 1 unspecified atom stereocenters. The molecule has 3 heterocycles. The maximum atomic E-state index is 14.2. The third kappa shape index (κ3) is 3.79. The van der Waals surface area contributed by atoms with Crippen LogP contribution in [-0.2, 0) is 0 Å². The second kappa shape index (κ2) is 8.52.